The van der Waals surface area contributed by atoms with Crippen LogP contribution in [-0.4, -0.2) is 56.3 Å². The number of nitrogens with zero attached hydrogens (tertiary/aromatic N) is 2. The molecule has 2 N–H and O–H groups in total. The molecule has 0 bridgehead atoms. The van der Waals surface area contributed by atoms with E-state index in [4.69, 9.17) is 9.47 Å². The van der Waals surface area contributed by atoms with E-state index >= 15 is 0 Å². The summed E-state index contributed by atoms with van der Waals surface area (Å²) in [5.41, 5.74) is 2.33. The van der Waals surface area contributed by atoms with Crippen molar-refractivity contribution in [2.45, 2.75) is 58.7 Å². The van der Waals surface area contributed by atoms with Gasteiger partial charge in [-0.25, -0.2) is 0 Å². The molecule has 0 aromatic heterocycles. The summed E-state index contributed by atoms with van der Waals surface area (Å²) in [6, 6.07) is 5.04. The monoisotopic (exact) mass is 374 g/mol. The molecular weight excluding hydrogens is 340 g/mol. The molecule has 1 fully saturated rings. The van der Waals surface area contributed by atoms with Gasteiger partial charge in [0.25, 0.3) is 0 Å². The summed E-state index contributed by atoms with van der Waals surface area (Å²) in [7, 11) is 1.81. The summed E-state index contributed by atoms with van der Waals surface area (Å²) >= 11 is 0. The molecule has 0 amide bonds. The van der Waals surface area contributed by atoms with Crippen molar-refractivity contribution in [2.24, 2.45) is 4.99 Å². The Bertz CT molecular complexity index is 658. The summed E-state index contributed by atoms with van der Waals surface area (Å²) in [5, 5.41) is 6.83. The molecule has 1 unspecified atom stereocenters. The number of fused-ring (bicyclic) bond motifs is 1. The second-order valence-electron chi connectivity index (χ2n) is 7.35. The van der Waals surface area contributed by atoms with E-state index in [1.807, 2.05) is 14.0 Å². The molecule has 1 aliphatic heterocycles. The summed E-state index contributed by atoms with van der Waals surface area (Å²) in [6.07, 6.45) is 3.88. The minimum Gasteiger partial charge on any atom is -0.494 e. The predicted molar refractivity (Wildman–Crippen MR) is 110 cm³/mol. The van der Waals surface area contributed by atoms with Crippen molar-refractivity contribution in [1.82, 2.24) is 15.5 Å². The molecule has 6 heteroatoms. The average Bonchev–Trinajstić information content (AvgIpc) is 3.43. The molecule has 1 aromatic carbocycles. The Hall–Kier alpha value is -1.95. The quantitative estimate of drug-likeness (QED) is 0.514. The number of ether oxygens (including phenoxy) is 2. The van der Waals surface area contributed by atoms with E-state index in [0.29, 0.717) is 13.2 Å². The van der Waals surface area contributed by atoms with Crippen LogP contribution in [0.5, 0.6) is 11.5 Å². The summed E-state index contributed by atoms with van der Waals surface area (Å²) in [4.78, 5) is 6.88. The molecule has 1 atom stereocenters. The van der Waals surface area contributed by atoms with Gasteiger partial charge in [0, 0.05) is 50.3 Å². The average molecular weight is 375 g/mol. The van der Waals surface area contributed by atoms with Crippen LogP contribution in [0.1, 0.15) is 44.7 Å². The van der Waals surface area contributed by atoms with Crippen molar-refractivity contribution in [3.8, 4) is 11.5 Å². The first-order valence-corrected chi connectivity index (χ1v) is 10.3. The molecule has 0 saturated heterocycles. The first kappa shape index (κ1) is 19.8. The van der Waals surface area contributed by atoms with Gasteiger partial charge in [-0.3, -0.25) is 9.89 Å². The molecule has 3 rings (SSSR count). The van der Waals surface area contributed by atoms with Crippen LogP contribution < -0.4 is 20.1 Å². The predicted octanol–water partition coefficient (Wildman–Crippen LogP) is 2.56. The van der Waals surface area contributed by atoms with Crippen LogP contribution in [0.15, 0.2) is 17.1 Å². The SMILES string of the molecule is CCOc1cc2c(cc1CNC(=NC)NCCN(CC)C1CC1)OC(C)C2. The number of likely N-dealkylation sites (N-methyl/N-ethyl adjacent to an activating group) is 1. The van der Waals surface area contributed by atoms with Gasteiger partial charge in [-0.1, -0.05) is 6.92 Å². The van der Waals surface area contributed by atoms with Crippen molar-refractivity contribution in [3.63, 3.8) is 0 Å². The Balaban J connectivity index is 1.55. The van der Waals surface area contributed by atoms with E-state index in [1.165, 1.54) is 18.4 Å². The molecule has 27 heavy (non-hydrogen) atoms. The number of hydrogen-bond donors (Lipinski definition) is 2. The molecule has 2 aliphatic rings. The van der Waals surface area contributed by atoms with Crippen molar-refractivity contribution >= 4 is 5.96 Å². The van der Waals surface area contributed by atoms with Gasteiger partial charge in [0.15, 0.2) is 5.96 Å². The van der Waals surface area contributed by atoms with Gasteiger partial charge in [-0.15, -0.1) is 0 Å². The van der Waals surface area contributed by atoms with Crippen LogP contribution in [0.25, 0.3) is 0 Å². The zero-order valence-corrected chi connectivity index (χ0v) is 17.2. The van der Waals surface area contributed by atoms with Crippen LogP contribution in [0.2, 0.25) is 0 Å². The molecule has 1 saturated carbocycles. The number of benzene rings is 1. The highest BCUT2D eigenvalue weighted by molar-refractivity contribution is 5.79. The van der Waals surface area contributed by atoms with E-state index in [1.54, 1.807) is 0 Å². The number of hydrogen-bond acceptors (Lipinski definition) is 4. The van der Waals surface area contributed by atoms with Crippen LogP contribution in [0.4, 0.5) is 0 Å². The second kappa shape index (κ2) is 9.31. The van der Waals surface area contributed by atoms with Crippen LogP contribution in [-0.2, 0) is 13.0 Å². The molecular formula is C21H34N4O2. The standard InChI is InChI=1S/C21H34N4O2/c1-5-25(18-7-8-18)10-9-23-21(22-4)24-14-17-13-20-16(11-15(3)27-20)12-19(17)26-6-2/h12-13,15,18H,5-11,14H2,1-4H3,(H2,22,23,24). The lowest BCUT2D eigenvalue weighted by molar-refractivity contribution is 0.254. The molecule has 0 radical (unpaired) electrons. The highest BCUT2D eigenvalue weighted by atomic mass is 16.5. The van der Waals surface area contributed by atoms with Gasteiger partial charge in [0.05, 0.1) is 6.61 Å². The minimum atomic E-state index is 0.236. The van der Waals surface area contributed by atoms with Crippen molar-refractivity contribution in [2.75, 3.05) is 33.3 Å². The Morgan fingerprint density at radius 1 is 1.30 bits per heavy atom. The van der Waals surface area contributed by atoms with Gasteiger partial charge in [0.1, 0.15) is 17.6 Å². The maximum Gasteiger partial charge on any atom is 0.191 e. The van der Waals surface area contributed by atoms with E-state index in [9.17, 15) is 0 Å². The fraction of sp³-hybridized carbons (Fsp3) is 0.667. The highest BCUT2D eigenvalue weighted by Gasteiger charge is 2.27. The van der Waals surface area contributed by atoms with Crippen LogP contribution in [0.3, 0.4) is 0 Å². The third-order valence-electron chi connectivity index (χ3n) is 5.21. The van der Waals surface area contributed by atoms with Gasteiger partial charge >= 0.3 is 0 Å². The van der Waals surface area contributed by atoms with Gasteiger partial charge in [-0.05, 0) is 45.4 Å². The highest BCUT2D eigenvalue weighted by Crippen LogP contribution is 2.35. The number of rotatable bonds is 9. The Labute approximate surface area is 163 Å². The minimum absolute atomic E-state index is 0.236. The number of guanidine groups is 1. The Morgan fingerprint density at radius 3 is 2.78 bits per heavy atom. The fourth-order valence-corrected chi connectivity index (χ4v) is 3.67. The van der Waals surface area contributed by atoms with Crippen LogP contribution in [0, 0.1) is 0 Å². The Morgan fingerprint density at radius 2 is 2.11 bits per heavy atom. The number of aliphatic imine (C=N–C) groups is 1. The van der Waals surface area contributed by atoms with Gasteiger partial charge < -0.3 is 20.1 Å². The van der Waals surface area contributed by atoms with Gasteiger partial charge in [-0.2, -0.15) is 0 Å². The van der Waals surface area contributed by atoms with E-state index < -0.39 is 0 Å². The fourth-order valence-electron chi connectivity index (χ4n) is 3.67. The molecule has 0 spiro atoms. The van der Waals surface area contributed by atoms with E-state index in [2.05, 4.69) is 46.5 Å². The number of nitrogens with one attached hydrogen (secondary N) is 2. The maximum absolute atomic E-state index is 5.91. The lowest BCUT2D eigenvalue weighted by Gasteiger charge is -2.21. The zero-order chi connectivity index (χ0) is 19.2. The first-order chi connectivity index (χ1) is 13.1. The summed E-state index contributed by atoms with van der Waals surface area (Å²) in [6.45, 7) is 10.7. The van der Waals surface area contributed by atoms with E-state index in [-0.39, 0.29) is 6.10 Å². The van der Waals surface area contributed by atoms with Crippen molar-refractivity contribution in [1.29, 1.82) is 0 Å². The third-order valence-corrected chi connectivity index (χ3v) is 5.21. The molecule has 1 aromatic rings. The summed E-state index contributed by atoms with van der Waals surface area (Å²) < 4.78 is 11.8. The normalized spacial score (nSPS) is 19.0. The Kier molecular flexibility index (Phi) is 6.83. The zero-order valence-electron chi connectivity index (χ0n) is 17.2. The largest absolute Gasteiger partial charge is 0.494 e. The van der Waals surface area contributed by atoms with Crippen molar-refractivity contribution in [3.05, 3.63) is 23.3 Å². The summed E-state index contributed by atoms with van der Waals surface area (Å²) in [5.74, 6) is 2.73. The first-order valence-electron chi connectivity index (χ1n) is 10.3. The third kappa shape index (κ3) is 5.28. The molecule has 1 aliphatic carbocycles. The maximum atomic E-state index is 5.91. The lowest BCUT2D eigenvalue weighted by Crippen LogP contribution is -2.41. The molecule has 6 nitrogen and oxygen atoms in total. The smallest absolute Gasteiger partial charge is 0.191 e. The van der Waals surface area contributed by atoms with Crippen LogP contribution >= 0.6 is 0 Å². The topological polar surface area (TPSA) is 58.1 Å². The second-order valence-corrected chi connectivity index (χ2v) is 7.35. The van der Waals surface area contributed by atoms with E-state index in [0.717, 1.165) is 55.1 Å². The lowest BCUT2D eigenvalue weighted by atomic mass is 10.1. The van der Waals surface area contributed by atoms with Crippen molar-refractivity contribution < 1.29 is 9.47 Å². The molecule has 150 valence electrons. The van der Waals surface area contributed by atoms with Gasteiger partial charge in [0.2, 0.25) is 0 Å². The molecule has 1 heterocycles.